The molecule has 1 aromatic rings. The molecule has 15 heavy (non-hydrogen) atoms. The van der Waals surface area contributed by atoms with E-state index in [9.17, 15) is 4.79 Å². The monoisotopic (exact) mass is 205 g/mol. The highest BCUT2D eigenvalue weighted by Crippen LogP contribution is 2.18. The lowest BCUT2D eigenvalue weighted by Gasteiger charge is -2.34. The zero-order valence-electron chi connectivity index (χ0n) is 8.89. The van der Waals surface area contributed by atoms with Crippen LogP contribution in [-0.4, -0.2) is 49.4 Å². The Labute approximate surface area is 89.5 Å². The predicted molar refractivity (Wildman–Crippen MR) is 59.3 cm³/mol. The molecule has 0 aromatic carbocycles. The standard InChI is InChI=1S/C11H15N3O/c1-13-4-6-14(7-5-13)11-2-3-12-8-10(11)9-15/h2-3,8-9H,4-7H2,1H3. The van der Waals surface area contributed by atoms with E-state index in [0.29, 0.717) is 5.56 Å². The van der Waals surface area contributed by atoms with Gasteiger partial charge in [0.15, 0.2) is 6.29 Å². The molecule has 1 saturated heterocycles. The summed E-state index contributed by atoms with van der Waals surface area (Å²) < 4.78 is 0. The number of carbonyl (C=O) groups excluding carboxylic acids is 1. The number of nitrogens with zero attached hydrogens (tertiary/aromatic N) is 3. The molecule has 0 amide bonds. The number of hydrogen-bond acceptors (Lipinski definition) is 4. The van der Waals surface area contributed by atoms with E-state index < -0.39 is 0 Å². The van der Waals surface area contributed by atoms with Crippen LogP contribution in [0, 0.1) is 0 Å². The fraction of sp³-hybridized carbons (Fsp3) is 0.455. The number of likely N-dealkylation sites (N-methyl/N-ethyl adjacent to an activating group) is 1. The van der Waals surface area contributed by atoms with Crippen LogP contribution in [-0.2, 0) is 0 Å². The topological polar surface area (TPSA) is 36.4 Å². The van der Waals surface area contributed by atoms with Gasteiger partial charge in [-0.1, -0.05) is 0 Å². The first-order chi connectivity index (χ1) is 7.31. The van der Waals surface area contributed by atoms with Gasteiger partial charge < -0.3 is 9.80 Å². The van der Waals surface area contributed by atoms with Crippen molar-refractivity contribution in [2.45, 2.75) is 0 Å². The minimum Gasteiger partial charge on any atom is -0.368 e. The lowest BCUT2D eigenvalue weighted by Crippen LogP contribution is -2.44. The molecule has 0 bridgehead atoms. The molecule has 4 nitrogen and oxygen atoms in total. The average molecular weight is 205 g/mol. The van der Waals surface area contributed by atoms with E-state index in [-0.39, 0.29) is 0 Å². The highest BCUT2D eigenvalue weighted by Gasteiger charge is 2.16. The van der Waals surface area contributed by atoms with E-state index in [1.807, 2.05) is 6.07 Å². The van der Waals surface area contributed by atoms with Crippen molar-refractivity contribution in [1.82, 2.24) is 9.88 Å². The van der Waals surface area contributed by atoms with Gasteiger partial charge >= 0.3 is 0 Å². The highest BCUT2D eigenvalue weighted by molar-refractivity contribution is 5.83. The molecule has 0 spiro atoms. The van der Waals surface area contributed by atoms with Gasteiger partial charge in [0.1, 0.15) is 0 Å². The van der Waals surface area contributed by atoms with Crippen LogP contribution in [0.4, 0.5) is 5.69 Å². The zero-order chi connectivity index (χ0) is 10.7. The molecule has 0 radical (unpaired) electrons. The van der Waals surface area contributed by atoms with Crippen LogP contribution in [0.2, 0.25) is 0 Å². The average Bonchev–Trinajstić information content (AvgIpc) is 2.30. The molecule has 1 aliphatic rings. The summed E-state index contributed by atoms with van der Waals surface area (Å²) in [5.41, 5.74) is 1.69. The Balaban J connectivity index is 2.18. The molecular formula is C11H15N3O. The van der Waals surface area contributed by atoms with Gasteiger partial charge in [0.2, 0.25) is 0 Å². The van der Waals surface area contributed by atoms with Crippen LogP contribution < -0.4 is 4.90 Å². The van der Waals surface area contributed by atoms with Gasteiger partial charge in [-0.2, -0.15) is 0 Å². The van der Waals surface area contributed by atoms with Crippen molar-refractivity contribution >= 4 is 12.0 Å². The maximum absolute atomic E-state index is 10.9. The third-order valence-corrected chi connectivity index (χ3v) is 2.80. The maximum atomic E-state index is 10.9. The lowest BCUT2D eigenvalue weighted by molar-refractivity contribution is 0.112. The van der Waals surface area contributed by atoms with Gasteiger partial charge in [-0.15, -0.1) is 0 Å². The Bertz CT molecular complexity index is 345. The summed E-state index contributed by atoms with van der Waals surface area (Å²) in [7, 11) is 2.12. The Hall–Kier alpha value is -1.42. The summed E-state index contributed by atoms with van der Waals surface area (Å²) in [5, 5.41) is 0. The number of rotatable bonds is 2. The molecule has 0 aliphatic carbocycles. The number of anilines is 1. The Kier molecular flexibility index (Phi) is 2.97. The minimum atomic E-state index is 0.682. The maximum Gasteiger partial charge on any atom is 0.153 e. The summed E-state index contributed by atoms with van der Waals surface area (Å²) in [6.07, 6.45) is 4.24. The zero-order valence-corrected chi connectivity index (χ0v) is 8.89. The lowest BCUT2D eigenvalue weighted by atomic mass is 10.2. The molecule has 4 heteroatoms. The fourth-order valence-electron chi connectivity index (χ4n) is 1.83. The van der Waals surface area contributed by atoms with Crippen LogP contribution in [0.25, 0.3) is 0 Å². The summed E-state index contributed by atoms with van der Waals surface area (Å²) in [4.78, 5) is 19.3. The molecule has 2 rings (SSSR count). The molecule has 0 N–H and O–H groups in total. The van der Waals surface area contributed by atoms with E-state index >= 15 is 0 Å². The predicted octanol–water partition coefficient (Wildman–Crippen LogP) is 0.646. The SMILES string of the molecule is CN1CCN(c2ccncc2C=O)CC1. The van der Waals surface area contributed by atoms with Crippen LogP contribution in [0.15, 0.2) is 18.5 Å². The second kappa shape index (κ2) is 4.40. The molecule has 1 fully saturated rings. The van der Waals surface area contributed by atoms with E-state index in [1.165, 1.54) is 0 Å². The van der Waals surface area contributed by atoms with Crippen molar-refractivity contribution in [3.05, 3.63) is 24.0 Å². The first kappa shape index (κ1) is 10.1. The van der Waals surface area contributed by atoms with E-state index in [4.69, 9.17) is 0 Å². The summed E-state index contributed by atoms with van der Waals surface area (Å²) in [5.74, 6) is 0. The van der Waals surface area contributed by atoms with Crippen molar-refractivity contribution in [3.63, 3.8) is 0 Å². The third-order valence-electron chi connectivity index (χ3n) is 2.80. The summed E-state index contributed by atoms with van der Waals surface area (Å²) in [6, 6.07) is 1.91. The molecule has 0 saturated carbocycles. The van der Waals surface area contributed by atoms with Crippen molar-refractivity contribution in [3.8, 4) is 0 Å². The van der Waals surface area contributed by atoms with Crippen molar-refractivity contribution < 1.29 is 4.79 Å². The van der Waals surface area contributed by atoms with Crippen molar-refractivity contribution in [1.29, 1.82) is 0 Å². The van der Waals surface area contributed by atoms with Gasteiger partial charge in [-0.25, -0.2) is 0 Å². The van der Waals surface area contributed by atoms with Gasteiger partial charge in [-0.3, -0.25) is 9.78 Å². The molecule has 0 unspecified atom stereocenters. The fourth-order valence-corrected chi connectivity index (χ4v) is 1.83. The van der Waals surface area contributed by atoms with E-state index in [1.54, 1.807) is 12.4 Å². The van der Waals surface area contributed by atoms with Crippen LogP contribution in [0.3, 0.4) is 0 Å². The molecule has 80 valence electrons. The smallest absolute Gasteiger partial charge is 0.153 e. The number of aldehydes is 1. The first-order valence-electron chi connectivity index (χ1n) is 5.14. The molecule has 1 aromatic heterocycles. The normalized spacial score (nSPS) is 17.8. The quantitative estimate of drug-likeness (QED) is 0.664. The Morgan fingerprint density at radius 1 is 1.33 bits per heavy atom. The van der Waals surface area contributed by atoms with Gasteiger partial charge in [0.05, 0.1) is 11.3 Å². The highest BCUT2D eigenvalue weighted by atomic mass is 16.1. The second-order valence-electron chi connectivity index (χ2n) is 3.84. The number of pyridine rings is 1. The minimum absolute atomic E-state index is 0.682. The van der Waals surface area contributed by atoms with Gasteiger partial charge in [0, 0.05) is 38.6 Å². The Morgan fingerprint density at radius 2 is 2.07 bits per heavy atom. The van der Waals surface area contributed by atoms with Crippen molar-refractivity contribution in [2.75, 3.05) is 38.1 Å². The third kappa shape index (κ3) is 2.15. The molecule has 1 aliphatic heterocycles. The summed E-state index contributed by atoms with van der Waals surface area (Å²) in [6.45, 7) is 4.03. The number of hydrogen-bond donors (Lipinski definition) is 0. The van der Waals surface area contributed by atoms with Crippen LogP contribution >= 0.6 is 0 Å². The largest absolute Gasteiger partial charge is 0.368 e. The molecular weight excluding hydrogens is 190 g/mol. The summed E-state index contributed by atoms with van der Waals surface area (Å²) >= 11 is 0. The van der Waals surface area contributed by atoms with E-state index in [2.05, 4.69) is 21.8 Å². The second-order valence-corrected chi connectivity index (χ2v) is 3.84. The number of piperazine rings is 1. The number of aromatic nitrogens is 1. The van der Waals surface area contributed by atoms with E-state index in [0.717, 1.165) is 38.2 Å². The van der Waals surface area contributed by atoms with Gasteiger partial charge in [0.25, 0.3) is 0 Å². The van der Waals surface area contributed by atoms with Crippen LogP contribution in [0.5, 0.6) is 0 Å². The Morgan fingerprint density at radius 3 is 2.73 bits per heavy atom. The van der Waals surface area contributed by atoms with Crippen molar-refractivity contribution in [2.24, 2.45) is 0 Å². The first-order valence-corrected chi connectivity index (χ1v) is 5.14. The van der Waals surface area contributed by atoms with Crippen LogP contribution in [0.1, 0.15) is 10.4 Å². The number of carbonyl (C=O) groups is 1. The molecule has 2 heterocycles. The molecule has 0 atom stereocenters. The van der Waals surface area contributed by atoms with Gasteiger partial charge in [-0.05, 0) is 13.1 Å².